The average Bonchev–Trinajstić information content (AvgIpc) is 3.35. The van der Waals surface area contributed by atoms with Gasteiger partial charge in [-0.15, -0.1) is 0 Å². The van der Waals surface area contributed by atoms with Crippen LogP contribution in [0.25, 0.3) is 0 Å². The van der Waals surface area contributed by atoms with Crippen molar-refractivity contribution in [2.75, 3.05) is 24.9 Å². The van der Waals surface area contributed by atoms with E-state index < -0.39 is 6.04 Å². The second-order valence-electron chi connectivity index (χ2n) is 6.56. The quantitative estimate of drug-likeness (QED) is 0.684. The number of aryl methyl sites for hydroxylation is 1. The molecule has 0 aliphatic carbocycles. The first-order chi connectivity index (χ1) is 14.0. The van der Waals surface area contributed by atoms with E-state index in [0.29, 0.717) is 40.2 Å². The van der Waals surface area contributed by atoms with Crippen LogP contribution in [0.1, 0.15) is 24.5 Å². The molecule has 1 aromatic carbocycles. The number of aromatic nitrogens is 3. The van der Waals surface area contributed by atoms with Gasteiger partial charge in [-0.3, -0.25) is 4.79 Å². The summed E-state index contributed by atoms with van der Waals surface area (Å²) < 4.78 is 18.1. The summed E-state index contributed by atoms with van der Waals surface area (Å²) in [6.07, 6.45) is 1.43. The molecule has 0 radical (unpaired) electrons. The summed E-state index contributed by atoms with van der Waals surface area (Å²) in [5.74, 6) is 2.68. The van der Waals surface area contributed by atoms with E-state index in [4.69, 9.17) is 13.9 Å². The highest BCUT2D eigenvalue weighted by molar-refractivity contribution is 6.06. The van der Waals surface area contributed by atoms with Gasteiger partial charge in [-0.1, -0.05) is 0 Å². The number of fused-ring (bicyclic) bond motifs is 1. The number of carbonyl (C=O) groups excluding carboxylic acids is 1. The Morgan fingerprint density at radius 2 is 2.03 bits per heavy atom. The van der Waals surface area contributed by atoms with Crippen LogP contribution in [0.4, 0.5) is 11.6 Å². The summed E-state index contributed by atoms with van der Waals surface area (Å²) in [5, 5.41) is 10.3. The van der Waals surface area contributed by atoms with Crippen molar-refractivity contribution in [3.05, 3.63) is 59.4 Å². The number of furan rings is 1. The molecule has 0 saturated carbocycles. The molecule has 9 heteroatoms. The van der Waals surface area contributed by atoms with Crippen LogP contribution in [0, 0.1) is 6.92 Å². The first-order valence-electron chi connectivity index (χ1n) is 8.98. The summed E-state index contributed by atoms with van der Waals surface area (Å²) >= 11 is 0. The number of rotatable bonds is 5. The third-order valence-corrected chi connectivity index (χ3v) is 4.72. The van der Waals surface area contributed by atoms with Crippen LogP contribution in [0.5, 0.6) is 11.5 Å². The van der Waals surface area contributed by atoms with Gasteiger partial charge in [0.15, 0.2) is 0 Å². The number of hydrogen-bond donors (Lipinski definition) is 2. The topological polar surface area (TPSA) is 103 Å². The lowest BCUT2D eigenvalue weighted by Crippen LogP contribution is -2.31. The van der Waals surface area contributed by atoms with Gasteiger partial charge >= 0.3 is 0 Å². The molecule has 9 nitrogen and oxygen atoms in total. The number of anilines is 2. The average molecular weight is 395 g/mol. The molecule has 0 bridgehead atoms. The Bertz CT molecular complexity index is 1100. The molecule has 3 heterocycles. The lowest BCUT2D eigenvalue weighted by atomic mass is 10.00. The molecule has 0 fully saturated rings. The Balaban J connectivity index is 1.75. The molecule has 3 aromatic rings. The molecule has 1 aliphatic rings. The monoisotopic (exact) mass is 395 g/mol. The van der Waals surface area contributed by atoms with E-state index >= 15 is 0 Å². The minimum absolute atomic E-state index is 0.318. The Hall–Kier alpha value is -3.75. The van der Waals surface area contributed by atoms with Crippen molar-refractivity contribution in [3.63, 3.8) is 0 Å². The Morgan fingerprint density at radius 3 is 2.72 bits per heavy atom. The van der Waals surface area contributed by atoms with Gasteiger partial charge in [0.05, 0.1) is 25.5 Å². The number of allylic oxidation sites excluding steroid dienone is 1. The fourth-order valence-corrected chi connectivity index (χ4v) is 3.35. The lowest BCUT2D eigenvalue weighted by molar-refractivity contribution is -0.113. The molecular weight excluding hydrogens is 374 g/mol. The summed E-state index contributed by atoms with van der Waals surface area (Å²) in [5.41, 5.74) is 1.61. The Kier molecular flexibility index (Phi) is 4.71. The third-order valence-electron chi connectivity index (χ3n) is 4.72. The molecule has 0 saturated heterocycles. The number of benzene rings is 1. The SMILES string of the molecule is COc1ccc(OC)c(NC(=O)C2=C(C)Nc3ncnn3[C@H]2c2ccc(C)o2)c1. The largest absolute Gasteiger partial charge is 0.497 e. The second kappa shape index (κ2) is 7.34. The van der Waals surface area contributed by atoms with Crippen molar-refractivity contribution in [2.45, 2.75) is 19.9 Å². The molecule has 4 rings (SSSR count). The van der Waals surface area contributed by atoms with Gasteiger partial charge in [-0.2, -0.15) is 10.1 Å². The van der Waals surface area contributed by atoms with E-state index in [0.717, 1.165) is 5.76 Å². The van der Waals surface area contributed by atoms with Crippen molar-refractivity contribution < 1.29 is 18.7 Å². The van der Waals surface area contributed by atoms with Crippen LogP contribution in [-0.2, 0) is 4.79 Å². The van der Waals surface area contributed by atoms with Gasteiger partial charge in [0, 0.05) is 11.8 Å². The minimum atomic E-state index is -0.556. The van der Waals surface area contributed by atoms with Crippen molar-refractivity contribution in [1.29, 1.82) is 0 Å². The molecule has 2 aromatic heterocycles. The van der Waals surface area contributed by atoms with Gasteiger partial charge in [-0.25, -0.2) is 4.68 Å². The number of nitrogens with zero attached hydrogens (tertiary/aromatic N) is 3. The zero-order valence-electron chi connectivity index (χ0n) is 16.5. The number of amides is 1. The van der Waals surface area contributed by atoms with Crippen LogP contribution in [0.15, 0.2) is 52.3 Å². The van der Waals surface area contributed by atoms with Gasteiger partial charge < -0.3 is 24.5 Å². The normalized spacial score (nSPS) is 15.5. The van der Waals surface area contributed by atoms with E-state index in [1.54, 1.807) is 37.1 Å². The smallest absolute Gasteiger partial charge is 0.256 e. The first-order valence-corrected chi connectivity index (χ1v) is 8.98. The van der Waals surface area contributed by atoms with E-state index in [-0.39, 0.29) is 5.91 Å². The molecule has 2 N–H and O–H groups in total. The van der Waals surface area contributed by atoms with Gasteiger partial charge in [0.25, 0.3) is 5.91 Å². The number of ether oxygens (including phenoxy) is 2. The fraction of sp³-hybridized carbons (Fsp3) is 0.250. The summed E-state index contributed by atoms with van der Waals surface area (Å²) in [7, 11) is 3.10. The molecule has 1 aliphatic heterocycles. The maximum absolute atomic E-state index is 13.4. The molecular formula is C20H21N5O4. The van der Waals surface area contributed by atoms with E-state index in [2.05, 4.69) is 20.7 Å². The predicted octanol–water partition coefficient (Wildman–Crippen LogP) is 3.12. The van der Waals surface area contributed by atoms with Crippen molar-refractivity contribution in [3.8, 4) is 11.5 Å². The maximum atomic E-state index is 13.4. The summed E-state index contributed by atoms with van der Waals surface area (Å²) in [6, 6.07) is 8.33. The molecule has 0 unspecified atom stereocenters. The summed E-state index contributed by atoms with van der Waals surface area (Å²) in [6.45, 7) is 3.67. The van der Waals surface area contributed by atoms with Crippen LogP contribution in [0.2, 0.25) is 0 Å². The molecule has 0 spiro atoms. The Labute approximate surface area is 167 Å². The number of methoxy groups -OCH3 is 2. The van der Waals surface area contributed by atoms with Crippen LogP contribution >= 0.6 is 0 Å². The van der Waals surface area contributed by atoms with Crippen molar-refractivity contribution in [2.24, 2.45) is 0 Å². The van der Waals surface area contributed by atoms with Crippen molar-refractivity contribution in [1.82, 2.24) is 14.8 Å². The highest BCUT2D eigenvalue weighted by Crippen LogP contribution is 2.37. The lowest BCUT2D eigenvalue weighted by Gasteiger charge is -2.27. The third kappa shape index (κ3) is 3.31. The predicted molar refractivity (Wildman–Crippen MR) is 106 cm³/mol. The van der Waals surface area contributed by atoms with Crippen LogP contribution < -0.4 is 20.1 Å². The molecule has 1 amide bonds. The van der Waals surface area contributed by atoms with Crippen LogP contribution in [0.3, 0.4) is 0 Å². The van der Waals surface area contributed by atoms with E-state index in [1.165, 1.54) is 6.33 Å². The van der Waals surface area contributed by atoms with Crippen molar-refractivity contribution >= 4 is 17.5 Å². The zero-order valence-corrected chi connectivity index (χ0v) is 16.5. The maximum Gasteiger partial charge on any atom is 0.256 e. The minimum Gasteiger partial charge on any atom is -0.497 e. The Morgan fingerprint density at radius 1 is 1.21 bits per heavy atom. The van der Waals surface area contributed by atoms with Crippen LogP contribution in [-0.4, -0.2) is 34.9 Å². The molecule has 29 heavy (non-hydrogen) atoms. The zero-order chi connectivity index (χ0) is 20.5. The summed E-state index contributed by atoms with van der Waals surface area (Å²) in [4.78, 5) is 17.6. The standard InChI is InChI=1S/C20H21N5O4/c1-11-5-7-16(29-11)18-17(12(2)23-20-21-10-22-25(18)20)19(26)24-14-9-13(27-3)6-8-15(14)28-4/h5-10,18H,1-4H3,(H,24,26)(H,21,22,23)/t18-/m0/s1. The number of hydrogen-bond acceptors (Lipinski definition) is 7. The van der Waals surface area contributed by atoms with E-state index in [1.807, 2.05) is 26.0 Å². The number of nitrogens with one attached hydrogen (secondary N) is 2. The highest BCUT2D eigenvalue weighted by Gasteiger charge is 2.35. The number of carbonyl (C=O) groups is 1. The fourth-order valence-electron chi connectivity index (χ4n) is 3.35. The first kappa shape index (κ1) is 18.6. The van der Waals surface area contributed by atoms with Gasteiger partial charge in [0.2, 0.25) is 5.95 Å². The second-order valence-corrected chi connectivity index (χ2v) is 6.56. The molecule has 150 valence electrons. The van der Waals surface area contributed by atoms with Gasteiger partial charge in [-0.05, 0) is 38.1 Å². The highest BCUT2D eigenvalue weighted by atomic mass is 16.5. The molecule has 1 atom stereocenters. The van der Waals surface area contributed by atoms with E-state index in [9.17, 15) is 4.79 Å². The van der Waals surface area contributed by atoms with Gasteiger partial charge in [0.1, 0.15) is 35.4 Å².